The van der Waals surface area contributed by atoms with Gasteiger partial charge in [-0.25, -0.2) is 0 Å². The Bertz CT molecular complexity index is 485. The zero-order chi connectivity index (χ0) is 11.3. The molecule has 0 radical (unpaired) electrons. The minimum absolute atomic E-state index is 0.118. The summed E-state index contributed by atoms with van der Waals surface area (Å²) in [5, 5.41) is 35.0. The van der Waals surface area contributed by atoms with E-state index < -0.39 is 11.8 Å². The smallest absolute Gasteiger partial charge is 0.0989 e. The highest BCUT2D eigenvalue weighted by Crippen LogP contribution is 2.30. The number of hydrogen-bond acceptors (Lipinski definition) is 4. The number of rotatable bonds is 1. The molecule has 0 heterocycles. The first-order chi connectivity index (χ1) is 7.26. The minimum atomic E-state index is -0.557. The summed E-state index contributed by atoms with van der Waals surface area (Å²) in [7, 11) is 0. The molecule has 4 nitrogen and oxygen atoms in total. The topological polar surface area (TPSA) is 95.2 Å². The summed E-state index contributed by atoms with van der Waals surface area (Å²) in [6.45, 7) is 0. The van der Waals surface area contributed by atoms with Crippen LogP contribution in [-0.2, 0) is 0 Å². The van der Waals surface area contributed by atoms with Crippen LogP contribution in [0.15, 0.2) is 23.3 Å². The fraction of sp³-hybridized carbons (Fsp3) is 0.273. The van der Waals surface area contributed by atoms with Crippen molar-refractivity contribution in [1.82, 2.24) is 0 Å². The van der Waals surface area contributed by atoms with Crippen LogP contribution >= 0.6 is 0 Å². The van der Waals surface area contributed by atoms with Gasteiger partial charge in [-0.05, 0) is 12.2 Å². The van der Waals surface area contributed by atoms with E-state index in [1.54, 1.807) is 0 Å². The van der Waals surface area contributed by atoms with Gasteiger partial charge in [-0.2, -0.15) is 21.0 Å². The Balaban J connectivity index is 3.14. The molecule has 0 N–H and O–H groups in total. The molecule has 0 aliphatic heterocycles. The summed E-state index contributed by atoms with van der Waals surface area (Å²) >= 11 is 0. The standard InChI is InChI=1S/C11H6N4/c12-2-1-11-9(6-14)3-8(5-13)4-10(11)7-15/h3-4,9,11H,1H2. The van der Waals surface area contributed by atoms with Crippen molar-refractivity contribution in [2.45, 2.75) is 6.42 Å². The molecule has 1 aliphatic rings. The van der Waals surface area contributed by atoms with Crippen molar-refractivity contribution >= 4 is 0 Å². The van der Waals surface area contributed by atoms with E-state index in [0.717, 1.165) is 0 Å². The molecule has 0 aromatic carbocycles. The largest absolute Gasteiger partial charge is 0.198 e. The molecular formula is C11H6N4. The Morgan fingerprint density at radius 1 is 1.13 bits per heavy atom. The maximum absolute atomic E-state index is 8.86. The Labute approximate surface area is 87.6 Å². The third-order valence-corrected chi connectivity index (χ3v) is 2.22. The lowest BCUT2D eigenvalue weighted by Gasteiger charge is -2.19. The van der Waals surface area contributed by atoms with Crippen LogP contribution in [0.1, 0.15) is 6.42 Å². The van der Waals surface area contributed by atoms with Crippen molar-refractivity contribution in [2.75, 3.05) is 0 Å². The maximum atomic E-state index is 8.86. The molecule has 2 atom stereocenters. The third-order valence-electron chi connectivity index (χ3n) is 2.22. The maximum Gasteiger partial charge on any atom is 0.0989 e. The van der Waals surface area contributed by atoms with Crippen LogP contribution in [0, 0.1) is 57.2 Å². The van der Waals surface area contributed by atoms with Gasteiger partial charge in [0.05, 0.1) is 35.8 Å². The molecule has 4 heteroatoms. The van der Waals surface area contributed by atoms with Gasteiger partial charge in [0, 0.05) is 17.9 Å². The predicted octanol–water partition coefficient (Wildman–Crippen LogP) is 1.57. The van der Waals surface area contributed by atoms with Gasteiger partial charge >= 0.3 is 0 Å². The van der Waals surface area contributed by atoms with Gasteiger partial charge in [0.1, 0.15) is 0 Å². The van der Waals surface area contributed by atoms with Crippen LogP contribution in [0.2, 0.25) is 0 Å². The number of hydrogen-bond donors (Lipinski definition) is 0. The van der Waals surface area contributed by atoms with Gasteiger partial charge in [-0.15, -0.1) is 0 Å². The average Bonchev–Trinajstić information content (AvgIpc) is 2.29. The van der Waals surface area contributed by atoms with Gasteiger partial charge in [0.25, 0.3) is 0 Å². The van der Waals surface area contributed by atoms with Crippen LogP contribution in [0.5, 0.6) is 0 Å². The van der Waals surface area contributed by atoms with Gasteiger partial charge in [0.15, 0.2) is 0 Å². The minimum Gasteiger partial charge on any atom is -0.198 e. The van der Waals surface area contributed by atoms with E-state index in [9.17, 15) is 0 Å². The van der Waals surface area contributed by atoms with Crippen molar-refractivity contribution in [3.05, 3.63) is 23.3 Å². The molecule has 0 saturated carbocycles. The molecule has 0 aromatic rings. The Kier molecular flexibility index (Phi) is 3.24. The van der Waals surface area contributed by atoms with Crippen LogP contribution in [0.3, 0.4) is 0 Å². The number of nitrogens with zero attached hydrogens (tertiary/aromatic N) is 4. The molecule has 1 aliphatic carbocycles. The lowest BCUT2D eigenvalue weighted by molar-refractivity contribution is 0.551. The van der Waals surface area contributed by atoms with Gasteiger partial charge in [-0.1, -0.05) is 0 Å². The van der Waals surface area contributed by atoms with Crippen LogP contribution in [0.4, 0.5) is 0 Å². The molecule has 0 bridgehead atoms. The second kappa shape index (κ2) is 4.61. The third kappa shape index (κ3) is 2.02. The average molecular weight is 194 g/mol. The van der Waals surface area contributed by atoms with Crippen LogP contribution < -0.4 is 0 Å². The van der Waals surface area contributed by atoms with E-state index in [2.05, 4.69) is 0 Å². The van der Waals surface area contributed by atoms with Crippen LogP contribution in [-0.4, -0.2) is 0 Å². The molecule has 0 amide bonds. The lowest BCUT2D eigenvalue weighted by Crippen LogP contribution is -2.16. The van der Waals surface area contributed by atoms with E-state index in [1.165, 1.54) is 12.2 Å². The Morgan fingerprint density at radius 2 is 1.87 bits per heavy atom. The first-order valence-electron chi connectivity index (χ1n) is 4.27. The molecule has 0 saturated heterocycles. The SMILES string of the molecule is N#CCC1C(C#N)=CC(C#N)=CC1C#N. The van der Waals surface area contributed by atoms with E-state index in [1.807, 2.05) is 24.3 Å². The first kappa shape index (κ1) is 10.5. The summed E-state index contributed by atoms with van der Waals surface area (Å²) in [6.07, 6.45) is 3.06. The van der Waals surface area contributed by atoms with Crippen molar-refractivity contribution in [1.29, 1.82) is 21.0 Å². The summed E-state index contributed by atoms with van der Waals surface area (Å²) in [6, 6.07) is 7.77. The van der Waals surface area contributed by atoms with Gasteiger partial charge < -0.3 is 0 Å². The molecule has 15 heavy (non-hydrogen) atoms. The highest BCUT2D eigenvalue weighted by atomic mass is 14.4. The van der Waals surface area contributed by atoms with Crippen molar-refractivity contribution in [2.24, 2.45) is 11.8 Å². The van der Waals surface area contributed by atoms with Gasteiger partial charge in [-0.3, -0.25) is 0 Å². The van der Waals surface area contributed by atoms with E-state index in [-0.39, 0.29) is 6.42 Å². The monoisotopic (exact) mass is 194 g/mol. The first-order valence-corrected chi connectivity index (χ1v) is 4.27. The van der Waals surface area contributed by atoms with Crippen molar-refractivity contribution < 1.29 is 0 Å². The van der Waals surface area contributed by atoms with E-state index in [4.69, 9.17) is 21.0 Å². The normalized spacial score (nSPS) is 23.5. The summed E-state index contributed by atoms with van der Waals surface area (Å²) in [5.74, 6) is -0.957. The zero-order valence-electron chi connectivity index (χ0n) is 7.81. The zero-order valence-corrected chi connectivity index (χ0v) is 7.81. The summed E-state index contributed by atoms with van der Waals surface area (Å²) in [5.41, 5.74) is 0.648. The van der Waals surface area contributed by atoms with Crippen molar-refractivity contribution in [3.63, 3.8) is 0 Å². The predicted molar refractivity (Wildman–Crippen MR) is 50.2 cm³/mol. The summed E-state index contributed by atoms with van der Waals surface area (Å²) < 4.78 is 0. The number of nitriles is 4. The van der Waals surface area contributed by atoms with Crippen LogP contribution in [0.25, 0.3) is 0 Å². The quantitative estimate of drug-likeness (QED) is 0.632. The highest BCUT2D eigenvalue weighted by molar-refractivity contribution is 5.46. The molecule has 70 valence electrons. The summed E-state index contributed by atoms with van der Waals surface area (Å²) in [4.78, 5) is 0. The molecule has 2 unspecified atom stereocenters. The van der Waals surface area contributed by atoms with Crippen molar-refractivity contribution in [3.8, 4) is 24.3 Å². The molecular weight excluding hydrogens is 188 g/mol. The van der Waals surface area contributed by atoms with E-state index in [0.29, 0.717) is 11.1 Å². The molecule has 1 rings (SSSR count). The molecule has 0 aromatic heterocycles. The molecule has 0 spiro atoms. The second-order valence-corrected chi connectivity index (χ2v) is 3.07. The highest BCUT2D eigenvalue weighted by Gasteiger charge is 2.27. The van der Waals surface area contributed by atoms with E-state index >= 15 is 0 Å². The second-order valence-electron chi connectivity index (χ2n) is 3.07. The number of allylic oxidation sites excluding steroid dienone is 4. The molecule has 0 fully saturated rings. The fourth-order valence-electron chi connectivity index (χ4n) is 1.47. The van der Waals surface area contributed by atoms with Gasteiger partial charge in [0.2, 0.25) is 0 Å². The lowest BCUT2D eigenvalue weighted by atomic mass is 9.79. The Morgan fingerprint density at radius 3 is 2.33 bits per heavy atom. The Hall–Kier alpha value is -2.56. The fourth-order valence-corrected chi connectivity index (χ4v) is 1.47.